The minimum atomic E-state index is -0.300. The maximum absolute atomic E-state index is 11.8. The largest absolute Gasteiger partial charge is 0.463 e. The van der Waals surface area contributed by atoms with Gasteiger partial charge in [0.05, 0.1) is 6.61 Å². The van der Waals surface area contributed by atoms with E-state index in [-0.39, 0.29) is 17.9 Å². The molecule has 0 saturated heterocycles. The molecule has 0 aliphatic heterocycles. The number of halogens is 1. The van der Waals surface area contributed by atoms with E-state index >= 15 is 0 Å². The zero-order valence-corrected chi connectivity index (χ0v) is 10.4. The molecule has 1 amide bonds. The van der Waals surface area contributed by atoms with Gasteiger partial charge in [-0.3, -0.25) is 10.1 Å². The number of carbonyl (C=O) groups excluding carboxylic acids is 1. The van der Waals surface area contributed by atoms with Gasteiger partial charge in [0.25, 0.3) is 5.91 Å². The highest BCUT2D eigenvalue weighted by Gasteiger charge is 2.09. The summed E-state index contributed by atoms with van der Waals surface area (Å²) in [6.45, 7) is 2.28. The molecule has 2 rings (SSSR count). The minimum Gasteiger partial charge on any atom is -0.463 e. The number of aromatic amines is 1. The van der Waals surface area contributed by atoms with Gasteiger partial charge < -0.3 is 4.74 Å². The summed E-state index contributed by atoms with van der Waals surface area (Å²) in [5.41, 5.74) is 0.480. The lowest BCUT2D eigenvalue weighted by molar-refractivity contribution is 0.102. The third-order valence-corrected chi connectivity index (χ3v) is 2.33. The van der Waals surface area contributed by atoms with Crippen LogP contribution in [0.15, 0.2) is 24.3 Å². The monoisotopic (exact) mass is 266 g/mol. The summed E-state index contributed by atoms with van der Waals surface area (Å²) in [7, 11) is 0. The summed E-state index contributed by atoms with van der Waals surface area (Å²) in [5.74, 6) is -0.0655. The van der Waals surface area contributed by atoms with Gasteiger partial charge in [-0.15, -0.1) is 5.10 Å². The maximum Gasteiger partial charge on any atom is 0.337 e. The molecule has 0 radical (unpaired) electrons. The number of H-pyrrole nitrogens is 1. The van der Waals surface area contributed by atoms with Crippen LogP contribution in [-0.4, -0.2) is 27.7 Å². The fourth-order valence-corrected chi connectivity index (χ4v) is 1.40. The van der Waals surface area contributed by atoms with Gasteiger partial charge in [0.1, 0.15) is 0 Å². The Morgan fingerprint density at radius 2 is 2.17 bits per heavy atom. The lowest BCUT2D eigenvalue weighted by Crippen LogP contribution is -2.12. The molecule has 7 heteroatoms. The molecule has 18 heavy (non-hydrogen) atoms. The number of rotatable bonds is 4. The van der Waals surface area contributed by atoms with Crippen molar-refractivity contribution in [1.82, 2.24) is 15.2 Å². The molecule has 1 aromatic carbocycles. The van der Waals surface area contributed by atoms with Gasteiger partial charge in [-0.05, 0) is 31.2 Å². The van der Waals surface area contributed by atoms with E-state index < -0.39 is 0 Å². The zero-order chi connectivity index (χ0) is 13.0. The molecule has 0 bridgehead atoms. The molecule has 2 aromatic rings. The normalized spacial score (nSPS) is 10.1. The van der Waals surface area contributed by atoms with Crippen LogP contribution < -0.4 is 10.1 Å². The molecule has 0 fully saturated rings. The van der Waals surface area contributed by atoms with E-state index in [2.05, 4.69) is 20.5 Å². The van der Waals surface area contributed by atoms with Crippen molar-refractivity contribution in [3.63, 3.8) is 0 Å². The number of amides is 1. The van der Waals surface area contributed by atoms with E-state index in [4.69, 9.17) is 16.3 Å². The molecule has 0 aliphatic rings. The van der Waals surface area contributed by atoms with Gasteiger partial charge in [-0.1, -0.05) is 11.6 Å². The maximum atomic E-state index is 11.8. The summed E-state index contributed by atoms with van der Waals surface area (Å²) < 4.78 is 5.07. The number of nitrogens with zero attached hydrogens (tertiary/aromatic N) is 2. The van der Waals surface area contributed by atoms with Gasteiger partial charge in [-0.2, -0.15) is 4.98 Å². The van der Waals surface area contributed by atoms with Crippen LogP contribution in [0.4, 0.5) is 5.95 Å². The average Bonchev–Trinajstić information content (AvgIpc) is 2.78. The summed E-state index contributed by atoms with van der Waals surface area (Å²) in [6.07, 6.45) is 0. The predicted molar refractivity (Wildman–Crippen MR) is 67.0 cm³/mol. The smallest absolute Gasteiger partial charge is 0.337 e. The summed E-state index contributed by atoms with van der Waals surface area (Å²) >= 11 is 5.74. The van der Waals surface area contributed by atoms with Crippen LogP contribution in [0.3, 0.4) is 0 Å². The predicted octanol–water partition coefficient (Wildman–Crippen LogP) is 2.11. The van der Waals surface area contributed by atoms with Gasteiger partial charge in [0.15, 0.2) is 0 Å². The van der Waals surface area contributed by atoms with Crippen LogP contribution in [0.1, 0.15) is 17.3 Å². The van der Waals surface area contributed by atoms with E-state index in [1.165, 1.54) is 0 Å². The SMILES string of the molecule is CCOc1n[nH]c(NC(=O)c2ccc(Cl)cc2)n1. The average molecular weight is 267 g/mol. The number of hydrogen-bond donors (Lipinski definition) is 2. The van der Waals surface area contributed by atoms with Crippen LogP contribution in [0.2, 0.25) is 5.02 Å². The molecule has 2 N–H and O–H groups in total. The van der Waals surface area contributed by atoms with Crippen molar-refractivity contribution in [2.75, 3.05) is 11.9 Å². The van der Waals surface area contributed by atoms with Crippen molar-refractivity contribution in [1.29, 1.82) is 0 Å². The van der Waals surface area contributed by atoms with Crippen LogP contribution >= 0.6 is 11.6 Å². The highest BCUT2D eigenvalue weighted by molar-refractivity contribution is 6.30. The number of nitrogens with one attached hydrogen (secondary N) is 2. The molecule has 1 heterocycles. The second-order valence-corrected chi connectivity index (χ2v) is 3.80. The number of anilines is 1. The van der Waals surface area contributed by atoms with E-state index in [9.17, 15) is 4.79 Å². The summed E-state index contributed by atoms with van der Waals surface area (Å²) in [4.78, 5) is 15.7. The van der Waals surface area contributed by atoms with Crippen LogP contribution in [0.25, 0.3) is 0 Å². The van der Waals surface area contributed by atoms with Crippen molar-refractivity contribution < 1.29 is 9.53 Å². The highest BCUT2D eigenvalue weighted by atomic mass is 35.5. The number of carbonyl (C=O) groups is 1. The third kappa shape index (κ3) is 2.98. The first-order valence-electron chi connectivity index (χ1n) is 5.31. The Balaban J connectivity index is 2.04. The van der Waals surface area contributed by atoms with Gasteiger partial charge >= 0.3 is 6.01 Å². The molecular weight excluding hydrogens is 256 g/mol. The summed E-state index contributed by atoms with van der Waals surface area (Å²) in [6, 6.07) is 6.73. The van der Waals surface area contributed by atoms with Crippen LogP contribution in [-0.2, 0) is 0 Å². The van der Waals surface area contributed by atoms with Crippen molar-refractivity contribution in [3.8, 4) is 6.01 Å². The lowest BCUT2D eigenvalue weighted by atomic mass is 10.2. The minimum absolute atomic E-state index is 0.198. The number of aromatic nitrogens is 3. The first-order valence-corrected chi connectivity index (χ1v) is 5.69. The second-order valence-electron chi connectivity index (χ2n) is 3.36. The Hall–Kier alpha value is -2.08. The molecule has 0 unspecified atom stereocenters. The lowest BCUT2D eigenvalue weighted by Gasteiger charge is -2.00. The Morgan fingerprint density at radius 1 is 1.44 bits per heavy atom. The standard InChI is InChI=1S/C11H11ClN4O2/c1-2-18-11-14-10(15-16-11)13-9(17)7-3-5-8(12)6-4-7/h3-6H,2H2,1H3,(H2,13,14,15,16,17). The second kappa shape index (κ2) is 5.50. The fourth-order valence-electron chi connectivity index (χ4n) is 1.28. The van der Waals surface area contributed by atoms with Gasteiger partial charge in [-0.25, -0.2) is 5.10 Å². The Kier molecular flexibility index (Phi) is 3.78. The molecule has 0 spiro atoms. The fraction of sp³-hybridized carbons (Fsp3) is 0.182. The topological polar surface area (TPSA) is 79.9 Å². The van der Waals surface area contributed by atoms with E-state index in [0.717, 1.165) is 0 Å². The zero-order valence-electron chi connectivity index (χ0n) is 9.61. The van der Waals surface area contributed by atoms with Crippen LogP contribution in [0, 0.1) is 0 Å². The molecule has 0 saturated carbocycles. The first-order chi connectivity index (χ1) is 8.69. The molecule has 1 aromatic heterocycles. The Morgan fingerprint density at radius 3 is 2.83 bits per heavy atom. The Bertz CT molecular complexity index is 538. The number of ether oxygens (including phenoxy) is 1. The van der Waals surface area contributed by atoms with Gasteiger partial charge in [0.2, 0.25) is 5.95 Å². The highest BCUT2D eigenvalue weighted by Crippen LogP contribution is 2.11. The molecule has 94 valence electrons. The van der Waals surface area contributed by atoms with E-state index in [0.29, 0.717) is 17.2 Å². The Labute approximate surface area is 108 Å². The molecule has 0 atom stereocenters. The van der Waals surface area contributed by atoms with Crippen molar-refractivity contribution in [2.24, 2.45) is 0 Å². The van der Waals surface area contributed by atoms with Crippen LogP contribution in [0.5, 0.6) is 6.01 Å². The van der Waals surface area contributed by atoms with E-state index in [1.54, 1.807) is 24.3 Å². The third-order valence-electron chi connectivity index (χ3n) is 2.08. The van der Waals surface area contributed by atoms with Crippen molar-refractivity contribution in [3.05, 3.63) is 34.9 Å². The molecule has 6 nitrogen and oxygen atoms in total. The number of benzene rings is 1. The van der Waals surface area contributed by atoms with Gasteiger partial charge in [0, 0.05) is 10.6 Å². The van der Waals surface area contributed by atoms with Crippen molar-refractivity contribution in [2.45, 2.75) is 6.92 Å². The van der Waals surface area contributed by atoms with E-state index in [1.807, 2.05) is 6.92 Å². The number of hydrogen-bond acceptors (Lipinski definition) is 4. The van der Waals surface area contributed by atoms with Crippen molar-refractivity contribution >= 4 is 23.5 Å². The quantitative estimate of drug-likeness (QED) is 0.888. The summed E-state index contributed by atoms with van der Waals surface area (Å²) in [5, 5.41) is 9.47. The molecular formula is C11H11ClN4O2. The molecule has 0 aliphatic carbocycles. The first kappa shape index (κ1) is 12.4.